The monoisotopic (exact) mass is 316 g/mol. The molecule has 1 fully saturated rings. The van der Waals surface area contributed by atoms with Crippen molar-refractivity contribution in [2.75, 3.05) is 6.54 Å². The Bertz CT molecular complexity index is 814. The van der Waals surface area contributed by atoms with Gasteiger partial charge in [0.15, 0.2) is 5.69 Å². The molecule has 0 bridgehead atoms. The predicted octanol–water partition coefficient (Wildman–Crippen LogP) is 1.92. The van der Waals surface area contributed by atoms with Gasteiger partial charge in [-0.2, -0.15) is 0 Å². The molecule has 1 saturated heterocycles. The molecular weight excluding hydrogens is 304 g/mol. The first-order valence-electron chi connectivity index (χ1n) is 7.06. The Morgan fingerprint density at radius 3 is 3.00 bits per heavy atom. The molecule has 4 rings (SSSR count). The minimum absolute atomic E-state index is 0.109. The van der Waals surface area contributed by atoms with Gasteiger partial charge in [-0.1, -0.05) is 17.7 Å². The van der Waals surface area contributed by atoms with E-state index in [1.165, 1.54) is 0 Å². The Morgan fingerprint density at radius 1 is 1.41 bits per heavy atom. The fraction of sp³-hybridized carbons (Fsp3) is 0.267. The molecule has 22 heavy (non-hydrogen) atoms. The number of rotatable bonds is 1. The van der Waals surface area contributed by atoms with Gasteiger partial charge in [0.2, 0.25) is 0 Å². The number of fused-ring (bicyclic) bond motifs is 5. The van der Waals surface area contributed by atoms with Crippen LogP contribution in [-0.2, 0) is 0 Å². The summed E-state index contributed by atoms with van der Waals surface area (Å²) >= 11 is 6.26. The second kappa shape index (κ2) is 4.58. The second-order valence-electron chi connectivity index (χ2n) is 5.50. The first kappa shape index (κ1) is 13.3. The van der Waals surface area contributed by atoms with Gasteiger partial charge in [0, 0.05) is 6.54 Å². The Morgan fingerprint density at radius 2 is 2.23 bits per heavy atom. The molecular formula is C15H13ClN4O2. The van der Waals surface area contributed by atoms with Crippen molar-refractivity contribution in [1.29, 1.82) is 0 Å². The van der Waals surface area contributed by atoms with E-state index in [2.05, 4.69) is 4.98 Å². The molecule has 0 aliphatic carbocycles. The molecule has 2 N–H and O–H groups in total. The van der Waals surface area contributed by atoms with Crippen molar-refractivity contribution < 1.29 is 9.59 Å². The van der Waals surface area contributed by atoms with Crippen LogP contribution in [0.3, 0.4) is 0 Å². The van der Waals surface area contributed by atoms with Crippen LogP contribution in [0.5, 0.6) is 0 Å². The van der Waals surface area contributed by atoms with Crippen molar-refractivity contribution in [2.45, 2.75) is 18.9 Å². The largest absolute Gasteiger partial charge is 0.364 e. The van der Waals surface area contributed by atoms with Gasteiger partial charge in [0.1, 0.15) is 6.33 Å². The zero-order valence-corrected chi connectivity index (χ0v) is 12.4. The van der Waals surface area contributed by atoms with Crippen LogP contribution in [0, 0.1) is 0 Å². The number of imidazole rings is 1. The Kier molecular flexibility index (Phi) is 2.77. The van der Waals surface area contributed by atoms with Gasteiger partial charge in [0.05, 0.1) is 28.0 Å². The van der Waals surface area contributed by atoms with Gasteiger partial charge >= 0.3 is 0 Å². The molecule has 2 aliphatic heterocycles. The average molecular weight is 317 g/mol. The van der Waals surface area contributed by atoms with Crippen molar-refractivity contribution in [3.05, 3.63) is 46.5 Å². The lowest BCUT2D eigenvalue weighted by Crippen LogP contribution is -2.30. The summed E-state index contributed by atoms with van der Waals surface area (Å²) in [5, 5.41) is 0.398. The molecule has 3 heterocycles. The third-order valence-corrected chi connectivity index (χ3v) is 4.65. The van der Waals surface area contributed by atoms with E-state index in [1.807, 2.05) is 0 Å². The summed E-state index contributed by atoms with van der Waals surface area (Å²) in [5.74, 6) is -0.694. The predicted molar refractivity (Wildman–Crippen MR) is 80.1 cm³/mol. The molecule has 2 amide bonds. The number of hydrogen-bond acceptors (Lipinski definition) is 3. The van der Waals surface area contributed by atoms with Crippen LogP contribution in [0.4, 0.5) is 0 Å². The summed E-state index contributed by atoms with van der Waals surface area (Å²) in [6, 6.07) is 5.08. The van der Waals surface area contributed by atoms with E-state index in [1.54, 1.807) is 34.0 Å². The van der Waals surface area contributed by atoms with E-state index < -0.39 is 5.91 Å². The third-order valence-electron chi connectivity index (χ3n) is 4.33. The molecule has 1 aromatic heterocycles. The van der Waals surface area contributed by atoms with Gasteiger partial charge in [-0.25, -0.2) is 4.98 Å². The van der Waals surface area contributed by atoms with Crippen LogP contribution in [0.15, 0.2) is 24.5 Å². The lowest BCUT2D eigenvalue weighted by Gasteiger charge is -2.22. The molecule has 0 unspecified atom stereocenters. The van der Waals surface area contributed by atoms with Gasteiger partial charge in [0.25, 0.3) is 11.8 Å². The fourth-order valence-electron chi connectivity index (χ4n) is 3.42. The summed E-state index contributed by atoms with van der Waals surface area (Å²) in [7, 11) is 0. The van der Waals surface area contributed by atoms with E-state index in [4.69, 9.17) is 17.3 Å². The van der Waals surface area contributed by atoms with Gasteiger partial charge in [-0.15, -0.1) is 0 Å². The quantitative estimate of drug-likeness (QED) is 0.872. The van der Waals surface area contributed by atoms with Crippen LogP contribution in [0.25, 0.3) is 5.69 Å². The molecule has 1 aromatic carbocycles. The van der Waals surface area contributed by atoms with Gasteiger partial charge in [-0.05, 0) is 25.0 Å². The smallest absolute Gasteiger partial charge is 0.269 e. The van der Waals surface area contributed by atoms with Crippen molar-refractivity contribution in [1.82, 2.24) is 14.5 Å². The maximum absolute atomic E-state index is 12.9. The zero-order chi connectivity index (χ0) is 15.4. The Labute approximate surface area is 131 Å². The molecule has 0 spiro atoms. The van der Waals surface area contributed by atoms with Crippen molar-refractivity contribution in [3.8, 4) is 5.69 Å². The van der Waals surface area contributed by atoms with Gasteiger partial charge < -0.3 is 10.6 Å². The highest BCUT2D eigenvalue weighted by atomic mass is 35.5. The number of nitrogens with two attached hydrogens (primary N) is 1. The Balaban J connectivity index is 2.08. The van der Waals surface area contributed by atoms with E-state index in [9.17, 15) is 9.59 Å². The minimum atomic E-state index is -0.585. The molecule has 0 saturated carbocycles. The van der Waals surface area contributed by atoms with Crippen molar-refractivity contribution in [3.63, 3.8) is 0 Å². The number of nitrogens with zero attached hydrogens (tertiary/aromatic N) is 3. The second-order valence-corrected chi connectivity index (χ2v) is 5.91. The normalized spacial score (nSPS) is 19.4. The van der Waals surface area contributed by atoms with E-state index in [-0.39, 0.29) is 17.6 Å². The molecule has 7 heteroatoms. The molecule has 112 valence electrons. The highest BCUT2D eigenvalue weighted by molar-refractivity contribution is 6.34. The first-order valence-corrected chi connectivity index (χ1v) is 7.44. The molecule has 6 nitrogen and oxygen atoms in total. The number of amides is 2. The number of carbonyl (C=O) groups is 2. The molecule has 0 radical (unpaired) electrons. The van der Waals surface area contributed by atoms with Crippen LogP contribution in [0.1, 0.15) is 45.4 Å². The van der Waals surface area contributed by atoms with Crippen LogP contribution < -0.4 is 5.73 Å². The van der Waals surface area contributed by atoms with Crippen molar-refractivity contribution in [2.24, 2.45) is 5.73 Å². The van der Waals surface area contributed by atoms with Crippen molar-refractivity contribution >= 4 is 23.4 Å². The topological polar surface area (TPSA) is 81.2 Å². The number of halogens is 1. The summed E-state index contributed by atoms with van der Waals surface area (Å²) in [6.45, 7) is 0.636. The maximum atomic E-state index is 12.9. The lowest BCUT2D eigenvalue weighted by atomic mass is 10.1. The molecule has 1 atom stereocenters. The molecule has 2 aromatic rings. The van der Waals surface area contributed by atoms with E-state index in [0.717, 1.165) is 12.8 Å². The number of aromatic nitrogens is 2. The van der Waals surface area contributed by atoms with Crippen LogP contribution >= 0.6 is 11.6 Å². The number of carbonyl (C=O) groups excluding carboxylic acids is 2. The average Bonchev–Trinajstić information content (AvgIpc) is 3.10. The number of primary amides is 1. The lowest BCUT2D eigenvalue weighted by molar-refractivity contribution is 0.0736. The SMILES string of the molecule is NC(=O)c1ncn2c1[C@@H]1CCCN1C(=O)c1c(Cl)cccc1-2. The third kappa shape index (κ3) is 1.64. The first-order chi connectivity index (χ1) is 10.6. The van der Waals surface area contributed by atoms with Gasteiger partial charge in [-0.3, -0.25) is 14.2 Å². The summed E-state index contributed by atoms with van der Waals surface area (Å²) < 4.78 is 1.77. The summed E-state index contributed by atoms with van der Waals surface area (Å²) in [5.41, 5.74) is 7.44. The standard InChI is InChI=1S/C15H13ClN4O2/c16-8-3-1-4-9-11(8)15(22)19-6-2-5-10(19)13-12(14(17)21)18-7-20(9)13/h1,3-4,7,10H,2,5-6H2,(H2,17,21)/t10-/m0/s1. The number of benzene rings is 1. The maximum Gasteiger partial charge on any atom is 0.269 e. The molecule has 2 aliphatic rings. The highest BCUT2D eigenvalue weighted by Crippen LogP contribution is 2.41. The summed E-state index contributed by atoms with van der Waals surface area (Å²) in [4.78, 5) is 30.5. The zero-order valence-electron chi connectivity index (χ0n) is 11.6. The highest BCUT2D eigenvalue weighted by Gasteiger charge is 2.40. The van der Waals surface area contributed by atoms with Crippen LogP contribution in [-0.4, -0.2) is 32.8 Å². The Hall–Kier alpha value is -2.34. The van der Waals surface area contributed by atoms with Crippen LogP contribution in [0.2, 0.25) is 5.02 Å². The van der Waals surface area contributed by atoms with E-state index in [0.29, 0.717) is 28.5 Å². The number of hydrogen-bond donors (Lipinski definition) is 1. The minimum Gasteiger partial charge on any atom is -0.364 e. The fourth-order valence-corrected chi connectivity index (χ4v) is 3.67. The van der Waals surface area contributed by atoms with E-state index >= 15 is 0 Å². The summed E-state index contributed by atoms with van der Waals surface area (Å²) in [6.07, 6.45) is 3.20.